The van der Waals surface area contributed by atoms with Crippen molar-refractivity contribution in [2.45, 2.75) is 43.1 Å². The van der Waals surface area contributed by atoms with E-state index in [-0.39, 0.29) is 23.4 Å². The summed E-state index contributed by atoms with van der Waals surface area (Å²) >= 11 is 0. The van der Waals surface area contributed by atoms with Gasteiger partial charge in [0.05, 0.1) is 17.4 Å². The maximum absolute atomic E-state index is 13.0. The Bertz CT molecular complexity index is 875. The topological polar surface area (TPSA) is 113 Å². The van der Waals surface area contributed by atoms with Crippen molar-refractivity contribution in [2.24, 2.45) is 5.41 Å². The van der Waals surface area contributed by atoms with E-state index in [1.807, 2.05) is 0 Å². The summed E-state index contributed by atoms with van der Waals surface area (Å²) in [6, 6.07) is 6.52. The van der Waals surface area contributed by atoms with Crippen LogP contribution in [0.15, 0.2) is 29.2 Å². The molecule has 0 radical (unpaired) electrons. The number of likely N-dealkylation sites (tertiary alicyclic amines) is 1. The van der Waals surface area contributed by atoms with Gasteiger partial charge >= 0.3 is 5.97 Å². The predicted molar refractivity (Wildman–Crippen MR) is 112 cm³/mol. The molecule has 1 aromatic carbocycles. The fourth-order valence-corrected chi connectivity index (χ4v) is 6.14. The number of cyclic esters (lactones) is 1. The van der Waals surface area contributed by atoms with Gasteiger partial charge in [0.25, 0.3) is 6.47 Å². The molecule has 1 unspecified atom stereocenters. The molecule has 3 fully saturated rings. The summed E-state index contributed by atoms with van der Waals surface area (Å²) < 4.78 is 38.3. The molecule has 0 amide bonds. The lowest BCUT2D eigenvalue weighted by Gasteiger charge is -2.35. The van der Waals surface area contributed by atoms with Gasteiger partial charge in [0.1, 0.15) is 11.9 Å². The van der Waals surface area contributed by atoms with Crippen molar-refractivity contribution in [1.82, 2.24) is 9.21 Å². The minimum absolute atomic E-state index is 0.0628. The first-order valence-corrected chi connectivity index (χ1v) is 11.9. The van der Waals surface area contributed by atoms with Crippen LogP contribution in [0, 0.1) is 5.41 Å². The van der Waals surface area contributed by atoms with Gasteiger partial charge in [0.15, 0.2) is 0 Å². The molecule has 9 nitrogen and oxygen atoms in total. The number of rotatable bonds is 5. The Kier molecular flexibility index (Phi) is 7.55. The summed E-state index contributed by atoms with van der Waals surface area (Å²) in [5, 5.41) is 6.89. The van der Waals surface area contributed by atoms with E-state index >= 15 is 0 Å². The van der Waals surface area contributed by atoms with Crippen LogP contribution in [0.3, 0.4) is 0 Å². The van der Waals surface area contributed by atoms with Gasteiger partial charge in [-0.25, -0.2) is 8.42 Å². The number of carboxylic acid groups (broad SMARTS) is 1. The second-order valence-corrected chi connectivity index (χ2v) is 10.1. The molecule has 1 N–H and O–H groups in total. The van der Waals surface area contributed by atoms with E-state index in [1.54, 1.807) is 18.2 Å². The van der Waals surface area contributed by atoms with Crippen LogP contribution in [0.4, 0.5) is 0 Å². The number of hydrogen-bond donors (Lipinski definition) is 1. The SMILES string of the molecule is COc1cccc(S(=O)(=O)N2CCC3(CC2)CC(CN2CCCC2)OC3=O)c1.O=CO. The summed E-state index contributed by atoms with van der Waals surface area (Å²) in [6.45, 7) is 3.39. The molecular weight excluding hydrogens is 424 g/mol. The van der Waals surface area contributed by atoms with E-state index in [0.717, 1.165) is 19.6 Å². The van der Waals surface area contributed by atoms with Crippen LogP contribution in [0.25, 0.3) is 0 Å². The van der Waals surface area contributed by atoms with E-state index in [2.05, 4.69) is 4.90 Å². The van der Waals surface area contributed by atoms with Gasteiger partial charge in [-0.1, -0.05) is 6.07 Å². The first-order chi connectivity index (χ1) is 14.8. The molecule has 1 atom stereocenters. The summed E-state index contributed by atoms with van der Waals surface area (Å²) in [4.78, 5) is 23.6. The zero-order chi connectivity index (χ0) is 22.5. The summed E-state index contributed by atoms with van der Waals surface area (Å²) in [5.74, 6) is 0.369. The van der Waals surface area contributed by atoms with Gasteiger partial charge in [-0.05, 0) is 50.9 Å². The molecule has 3 aliphatic rings. The number of hydrogen-bond acceptors (Lipinski definition) is 7. The van der Waals surface area contributed by atoms with Gasteiger partial charge in [-0.3, -0.25) is 14.5 Å². The van der Waals surface area contributed by atoms with Crippen molar-refractivity contribution in [3.05, 3.63) is 24.3 Å². The number of ether oxygens (including phenoxy) is 2. The zero-order valence-corrected chi connectivity index (χ0v) is 18.6. The van der Waals surface area contributed by atoms with Crippen LogP contribution >= 0.6 is 0 Å². The maximum atomic E-state index is 13.0. The number of nitrogens with zero attached hydrogens (tertiary/aromatic N) is 2. The Hall–Kier alpha value is -2.17. The Morgan fingerprint density at radius 2 is 1.87 bits per heavy atom. The molecule has 3 aliphatic heterocycles. The van der Waals surface area contributed by atoms with Gasteiger partial charge in [-0.15, -0.1) is 0 Å². The minimum Gasteiger partial charge on any atom is -0.497 e. The number of piperidine rings is 1. The van der Waals surface area contributed by atoms with Crippen LogP contribution in [-0.4, -0.2) is 81.1 Å². The first-order valence-electron chi connectivity index (χ1n) is 10.5. The highest BCUT2D eigenvalue weighted by Crippen LogP contribution is 2.44. The smallest absolute Gasteiger partial charge is 0.312 e. The molecule has 4 rings (SSSR count). The highest BCUT2D eigenvalue weighted by molar-refractivity contribution is 7.89. The lowest BCUT2D eigenvalue weighted by molar-refractivity contribution is -0.150. The van der Waals surface area contributed by atoms with E-state index in [4.69, 9.17) is 19.4 Å². The third kappa shape index (κ3) is 5.19. The standard InChI is InChI=1S/C20H28N2O5S.CH2O2/c1-26-16-5-4-6-18(13-16)28(24,25)22-11-7-20(8-12-22)14-17(27-19(20)23)15-21-9-2-3-10-21;2-1-3/h4-6,13,17H,2-3,7-12,14-15H2,1H3;1H,(H,2,3). The third-order valence-corrected chi connectivity index (χ3v) is 8.24. The number of sulfonamides is 1. The van der Waals surface area contributed by atoms with Crippen molar-refractivity contribution in [1.29, 1.82) is 0 Å². The van der Waals surface area contributed by atoms with E-state index < -0.39 is 15.4 Å². The average Bonchev–Trinajstić information content (AvgIpc) is 3.37. The summed E-state index contributed by atoms with van der Waals surface area (Å²) in [7, 11) is -2.08. The molecule has 172 valence electrons. The van der Waals surface area contributed by atoms with Gasteiger partial charge in [-0.2, -0.15) is 4.31 Å². The van der Waals surface area contributed by atoms with Crippen molar-refractivity contribution in [2.75, 3.05) is 39.8 Å². The first kappa shape index (κ1) is 23.5. The van der Waals surface area contributed by atoms with Crippen molar-refractivity contribution in [3.8, 4) is 5.75 Å². The molecule has 0 bridgehead atoms. The Labute approximate surface area is 183 Å². The number of carbonyl (C=O) groups excluding carboxylic acids is 1. The Balaban J connectivity index is 0.000000858. The number of benzene rings is 1. The van der Waals surface area contributed by atoms with Crippen LogP contribution in [-0.2, 0) is 24.3 Å². The highest BCUT2D eigenvalue weighted by atomic mass is 32.2. The van der Waals surface area contributed by atoms with Gasteiger partial charge < -0.3 is 14.6 Å². The van der Waals surface area contributed by atoms with Crippen LogP contribution in [0.2, 0.25) is 0 Å². The van der Waals surface area contributed by atoms with Gasteiger partial charge in [0, 0.05) is 32.1 Å². The van der Waals surface area contributed by atoms with Crippen LogP contribution in [0.5, 0.6) is 5.75 Å². The number of methoxy groups -OCH3 is 1. The Morgan fingerprint density at radius 1 is 1.23 bits per heavy atom. The molecule has 0 saturated carbocycles. The van der Waals surface area contributed by atoms with Gasteiger partial charge in [0.2, 0.25) is 10.0 Å². The normalized spacial score (nSPS) is 23.8. The lowest BCUT2D eigenvalue weighted by atomic mass is 9.76. The quantitative estimate of drug-likeness (QED) is 0.527. The lowest BCUT2D eigenvalue weighted by Crippen LogP contribution is -2.45. The minimum atomic E-state index is -3.60. The average molecular weight is 455 g/mol. The van der Waals surface area contributed by atoms with E-state index in [0.29, 0.717) is 38.1 Å². The molecule has 1 spiro atoms. The van der Waals surface area contributed by atoms with Crippen molar-refractivity contribution < 1.29 is 32.6 Å². The molecule has 0 aliphatic carbocycles. The molecule has 0 aromatic heterocycles. The summed E-state index contributed by atoms with van der Waals surface area (Å²) in [6.07, 6.45) is 4.10. The predicted octanol–water partition coefficient (Wildman–Crippen LogP) is 1.58. The monoisotopic (exact) mass is 454 g/mol. The Morgan fingerprint density at radius 3 is 2.48 bits per heavy atom. The second kappa shape index (κ2) is 9.97. The molecule has 10 heteroatoms. The van der Waals surface area contributed by atoms with Crippen molar-refractivity contribution >= 4 is 22.5 Å². The molecule has 1 aromatic rings. The zero-order valence-electron chi connectivity index (χ0n) is 17.7. The number of esters is 1. The fraction of sp³-hybridized carbons (Fsp3) is 0.619. The van der Waals surface area contributed by atoms with E-state index in [9.17, 15) is 13.2 Å². The molecule has 31 heavy (non-hydrogen) atoms. The highest BCUT2D eigenvalue weighted by Gasteiger charge is 2.51. The third-order valence-electron chi connectivity index (χ3n) is 6.34. The molecular formula is C21H30N2O7S. The largest absolute Gasteiger partial charge is 0.497 e. The van der Waals surface area contributed by atoms with Crippen LogP contribution < -0.4 is 4.74 Å². The molecule has 3 heterocycles. The van der Waals surface area contributed by atoms with Crippen molar-refractivity contribution in [3.63, 3.8) is 0 Å². The maximum Gasteiger partial charge on any atom is 0.312 e. The van der Waals surface area contributed by atoms with E-state index in [1.165, 1.54) is 30.3 Å². The fourth-order valence-electron chi connectivity index (χ4n) is 4.67. The number of carbonyl (C=O) groups is 2. The second-order valence-electron chi connectivity index (χ2n) is 8.21. The molecule has 3 saturated heterocycles. The van der Waals surface area contributed by atoms with Crippen LogP contribution in [0.1, 0.15) is 32.1 Å². The summed E-state index contributed by atoms with van der Waals surface area (Å²) in [5.41, 5.74) is -0.523.